The molecule has 0 radical (unpaired) electrons. The second-order valence-electron chi connectivity index (χ2n) is 4.19. The third kappa shape index (κ3) is 2.08. The van der Waals surface area contributed by atoms with E-state index in [4.69, 9.17) is 21.9 Å². The molecular weight excluding hydrogens is 278 g/mol. The van der Waals surface area contributed by atoms with Crippen LogP contribution in [0, 0.1) is 0 Å². The Morgan fingerprint density at radius 3 is 2.70 bits per heavy atom. The van der Waals surface area contributed by atoms with Crippen LogP contribution >= 0.6 is 11.6 Å². The number of nitrogen functional groups attached to an aromatic ring is 1. The lowest BCUT2D eigenvalue weighted by Crippen LogP contribution is -2.01. The van der Waals surface area contributed by atoms with Crippen LogP contribution in [0.5, 0.6) is 0 Å². The van der Waals surface area contributed by atoms with Gasteiger partial charge in [-0.15, -0.1) is 0 Å². The summed E-state index contributed by atoms with van der Waals surface area (Å²) in [7, 11) is 0. The van der Waals surface area contributed by atoms with Gasteiger partial charge in [-0.25, -0.2) is 0 Å². The molecule has 0 spiro atoms. The molecule has 3 aromatic rings. The third-order valence-electron chi connectivity index (χ3n) is 2.91. The van der Waals surface area contributed by atoms with Crippen LogP contribution in [0.25, 0.3) is 22.5 Å². The first-order valence-electron chi connectivity index (χ1n) is 5.86. The molecule has 20 heavy (non-hydrogen) atoms. The van der Waals surface area contributed by atoms with E-state index in [1.54, 1.807) is 18.3 Å². The number of nitrogens with two attached hydrogens (primary N) is 1. The van der Waals surface area contributed by atoms with Crippen molar-refractivity contribution < 1.29 is 4.52 Å². The Labute approximate surface area is 119 Å². The average Bonchev–Trinajstić information content (AvgIpc) is 2.82. The Kier molecular flexibility index (Phi) is 3.04. The average molecular weight is 288 g/mol. The highest BCUT2D eigenvalue weighted by Crippen LogP contribution is 2.39. The van der Waals surface area contributed by atoms with Crippen molar-refractivity contribution >= 4 is 17.4 Å². The molecule has 5 nitrogen and oxygen atoms in total. The van der Waals surface area contributed by atoms with Crippen molar-refractivity contribution in [1.82, 2.24) is 10.1 Å². The van der Waals surface area contributed by atoms with Gasteiger partial charge in [0.15, 0.2) is 11.6 Å². The summed E-state index contributed by atoms with van der Waals surface area (Å²) in [5.74, 6) is 0.714. The number of aromatic amines is 1. The lowest BCUT2D eigenvalue weighted by Gasteiger charge is -2.04. The van der Waals surface area contributed by atoms with Gasteiger partial charge in [-0.2, -0.15) is 0 Å². The van der Waals surface area contributed by atoms with Crippen LogP contribution in [-0.2, 0) is 0 Å². The molecule has 0 aliphatic carbocycles. The van der Waals surface area contributed by atoms with Crippen LogP contribution in [0.4, 0.5) is 5.82 Å². The standard InChI is InChI=1S/C14H10ClN3O2/c15-10-4-2-1-3-9(10)12-13(20-18-14(12)16)8-5-6-11(19)17-7-8/h1-7H,(H2,16,18)(H,17,19). The van der Waals surface area contributed by atoms with Crippen molar-refractivity contribution in [3.8, 4) is 22.5 Å². The van der Waals surface area contributed by atoms with E-state index in [1.807, 2.05) is 18.2 Å². The fraction of sp³-hybridized carbons (Fsp3) is 0. The maximum atomic E-state index is 11.1. The zero-order chi connectivity index (χ0) is 14.1. The van der Waals surface area contributed by atoms with Gasteiger partial charge in [-0.05, 0) is 12.1 Å². The van der Waals surface area contributed by atoms with Gasteiger partial charge in [0.25, 0.3) is 0 Å². The van der Waals surface area contributed by atoms with E-state index < -0.39 is 0 Å². The molecule has 0 saturated heterocycles. The molecule has 100 valence electrons. The summed E-state index contributed by atoms with van der Waals surface area (Å²) in [6.07, 6.45) is 1.54. The maximum absolute atomic E-state index is 11.1. The second kappa shape index (κ2) is 4.86. The third-order valence-corrected chi connectivity index (χ3v) is 3.24. The predicted molar refractivity (Wildman–Crippen MR) is 77.4 cm³/mol. The van der Waals surface area contributed by atoms with Crippen molar-refractivity contribution in [3.05, 3.63) is 58.0 Å². The summed E-state index contributed by atoms with van der Waals surface area (Å²) in [6, 6.07) is 10.3. The minimum Gasteiger partial charge on any atom is -0.380 e. The number of H-pyrrole nitrogens is 1. The molecule has 3 rings (SSSR count). The van der Waals surface area contributed by atoms with Crippen LogP contribution in [0.15, 0.2) is 51.9 Å². The molecule has 0 saturated carbocycles. The van der Waals surface area contributed by atoms with Crippen molar-refractivity contribution in [3.63, 3.8) is 0 Å². The van der Waals surface area contributed by atoms with E-state index in [1.165, 1.54) is 6.07 Å². The fourth-order valence-electron chi connectivity index (χ4n) is 1.98. The minimum absolute atomic E-state index is 0.194. The molecule has 1 aromatic carbocycles. The van der Waals surface area contributed by atoms with E-state index >= 15 is 0 Å². The van der Waals surface area contributed by atoms with Gasteiger partial charge in [0, 0.05) is 28.4 Å². The summed E-state index contributed by atoms with van der Waals surface area (Å²) in [4.78, 5) is 13.7. The van der Waals surface area contributed by atoms with Gasteiger partial charge in [-0.1, -0.05) is 35.0 Å². The first kappa shape index (κ1) is 12.5. The molecule has 6 heteroatoms. The molecule has 0 atom stereocenters. The smallest absolute Gasteiger partial charge is 0.247 e. The zero-order valence-corrected chi connectivity index (χ0v) is 11.0. The van der Waals surface area contributed by atoms with Crippen LogP contribution in [0.3, 0.4) is 0 Å². The van der Waals surface area contributed by atoms with Crippen LogP contribution in [0.1, 0.15) is 0 Å². The van der Waals surface area contributed by atoms with Gasteiger partial charge in [0.05, 0.1) is 5.56 Å². The molecule has 0 amide bonds. The highest BCUT2D eigenvalue weighted by molar-refractivity contribution is 6.33. The fourth-order valence-corrected chi connectivity index (χ4v) is 2.21. The van der Waals surface area contributed by atoms with E-state index in [9.17, 15) is 4.79 Å². The lowest BCUT2D eigenvalue weighted by atomic mass is 10.0. The van der Waals surface area contributed by atoms with Gasteiger partial charge in [0.2, 0.25) is 5.56 Å². The molecule has 2 aromatic heterocycles. The Morgan fingerprint density at radius 2 is 2.00 bits per heavy atom. The monoisotopic (exact) mass is 287 g/mol. The summed E-state index contributed by atoms with van der Waals surface area (Å²) >= 11 is 6.19. The van der Waals surface area contributed by atoms with E-state index in [0.29, 0.717) is 21.9 Å². The van der Waals surface area contributed by atoms with E-state index in [2.05, 4.69) is 10.1 Å². The van der Waals surface area contributed by atoms with Crippen molar-refractivity contribution in [2.75, 3.05) is 5.73 Å². The van der Waals surface area contributed by atoms with Gasteiger partial charge in [0.1, 0.15) is 0 Å². The summed E-state index contributed by atoms with van der Waals surface area (Å²) in [6.45, 7) is 0. The number of aromatic nitrogens is 2. The van der Waals surface area contributed by atoms with Gasteiger partial charge < -0.3 is 15.2 Å². The summed E-state index contributed by atoms with van der Waals surface area (Å²) in [5, 5.41) is 4.33. The molecule has 0 bridgehead atoms. The number of halogens is 1. The Hall–Kier alpha value is -2.53. The predicted octanol–water partition coefficient (Wildman–Crippen LogP) is 2.93. The zero-order valence-electron chi connectivity index (χ0n) is 10.3. The second-order valence-corrected chi connectivity index (χ2v) is 4.60. The quantitative estimate of drug-likeness (QED) is 0.759. The Balaban J connectivity index is 2.23. The molecule has 3 N–H and O–H groups in total. The normalized spacial score (nSPS) is 10.7. The van der Waals surface area contributed by atoms with Gasteiger partial charge >= 0.3 is 0 Å². The largest absolute Gasteiger partial charge is 0.380 e. The van der Waals surface area contributed by atoms with Crippen LogP contribution in [-0.4, -0.2) is 10.1 Å². The summed E-state index contributed by atoms with van der Waals surface area (Å²) in [5.41, 5.74) is 7.69. The number of benzene rings is 1. The number of hydrogen-bond donors (Lipinski definition) is 2. The van der Waals surface area contributed by atoms with Gasteiger partial charge in [-0.3, -0.25) is 4.79 Å². The maximum Gasteiger partial charge on any atom is 0.247 e. The SMILES string of the molecule is Nc1noc(-c2ccc(=O)[nH]c2)c1-c1ccccc1Cl. The van der Waals surface area contributed by atoms with Crippen molar-refractivity contribution in [1.29, 1.82) is 0 Å². The van der Waals surface area contributed by atoms with E-state index in [0.717, 1.165) is 5.56 Å². The number of pyridine rings is 1. The molecule has 0 aliphatic heterocycles. The first-order chi connectivity index (χ1) is 9.66. The molecule has 0 fully saturated rings. The highest BCUT2D eigenvalue weighted by atomic mass is 35.5. The van der Waals surface area contributed by atoms with E-state index in [-0.39, 0.29) is 11.4 Å². The number of nitrogens with zero attached hydrogens (tertiary/aromatic N) is 1. The molecule has 0 unspecified atom stereocenters. The molecule has 2 heterocycles. The number of rotatable bonds is 2. The Morgan fingerprint density at radius 1 is 1.20 bits per heavy atom. The Bertz CT molecular complexity index is 803. The minimum atomic E-state index is -0.194. The first-order valence-corrected chi connectivity index (χ1v) is 6.24. The molecule has 0 aliphatic rings. The van der Waals surface area contributed by atoms with Crippen LogP contribution in [0.2, 0.25) is 5.02 Å². The van der Waals surface area contributed by atoms with Crippen molar-refractivity contribution in [2.45, 2.75) is 0 Å². The highest BCUT2D eigenvalue weighted by Gasteiger charge is 2.19. The molecular formula is C14H10ClN3O2. The lowest BCUT2D eigenvalue weighted by molar-refractivity contribution is 0.436. The van der Waals surface area contributed by atoms with Crippen molar-refractivity contribution in [2.24, 2.45) is 0 Å². The topological polar surface area (TPSA) is 84.9 Å². The summed E-state index contributed by atoms with van der Waals surface area (Å²) < 4.78 is 5.28. The number of hydrogen-bond acceptors (Lipinski definition) is 4. The number of anilines is 1. The number of nitrogens with one attached hydrogen (secondary N) is 1. The van der Waals surface area contributed by atoms with Crippen LogP contribution < -0.4 is 11.3 Å².